The molecule has 0 unspecified atom stereocenters. The highest BCUT2D eigenvalue weighted by Crippen LogP contribution is 2.31. The van der Waals surface area contributed by atoms with Crippen LogP contribution in [0, 0.1) is 32.1 Å². The number of hydrogen-bond donors (Lipinski definition) is 0. The summed E-state index contributed by atoms with van der Waals surface area (Å²) in [5.41, 5.74) is 1.27. The van der Waals surface area contributed by atoms with E-state index < -0.39 is 9.85 Å². The molecule has 0 aliphatic carbocycles. The maximum absolute atomic E-state index is 11.0. The van der Waals surface area contributed by atoms with Crippen molar-refractivity contribution in [2.75, 3.05) is 18.0 Å². The summed E-state index contributed by atoms with van der Waals surface area (Å²) in [6.07, 6.45) is 0. The number of nitro groups is 2. The molecule has 0 aromatic heterocycles. The van der Waals surface area contributed by atoms with Gasteiger partial charge in [-0.15, -0.1) is 0 Å². The predicted octanol–water partition coefficient (Wildman–Crippen LogP) is 4.98. The van der Waals surface area contributed by atoms with Crippen molar-refractivity contribution in [3.05, 3.63) is 68.8 Å². The van der Waals surface area contributed by atoms with Gasteiger partial charge < -0.3 is 0 Å². The van der Waals surface area contributed by atoms with Gasteiger partial charge >= 0.3 is 0 Å². The standard InChI is InChI=1S/C22H26N6O4/c1-15(2)13-23-21-25(14-16(3)4)22(24-17-5-7-19(8-6-17)27(29)30)26(21)18-9-11-20(12-10-18)28(31)32/h5-12,15-16H,13-14H2,1-4H3. The minimum Gasteiger partial charge on any atom is -0.281 e. The number of non-ortho nitro benzene ring substituents is 2. The molecule has 1 saturated heterocycles. The van der Waals surface area contributed by atoms with Gasteiger partial charge in [0.25, 0.3) is 11.4 Å². The number of hydrogen-bond acceptors (Lipinski definition) is 6. The molecule has 1 aliphatic heterocycles. The average molecular weight is 438 g/mol. The van der Waals surface area contributed by atoms with Crippen LogP contribution in [0.2, 0.25) is 0 Å². The second kappa shape index (κ2) is 9.54. The third kappa shape index (κ3) is 5.08. The maximum Gasteiger partial charge on any atom is 0.269 e. The molecule has 0 saturated carbocycles. The molecule has 2 aromatic rings. The summed E-state index contributed by atoms with van der Waals surface area (Å²) >= 11 is 0. The van der Waals surface area contributed by atoms with Crippen molar-refractivity contribution in [1.82, 2.24) is 4.90 Å². The number of rotatable bonds is 8. The molecule has 168 valence electrons. The lowest BCUT2D eigenvalue weighted by atomic mass is 10.1. The van der Waals surface area contributed by atoms with E-state index in [1.54, 1.807) is 24.3 Å². The fourth-order valence-electron chi connectivity index (χ4n) is 3.15. The number of nitrogens with zero attached hydrogens (tertiary/aromatic N) is 6. The first kappa shape index (κ1) is 22.9. The van der Waals surface area contributed by atoms with Crippen LogP contribution in [0.4, 0.5) is 22.7 Å². The molecule has 32 heavy (non-hydrogen) atoms. The van der Waals surface area contributed by atoms with Crippen LogP contribution >= 0.6 is 0 Å². The molecule has 1 aliphatic rings. The predicted molar refractivity (Wildman–Crippen MR) is 124 cm³/mol. The molecule has 0 spiro atoms. The molecular weight excluding hydrogens is 412 g/mol. The third-order valence-corrected chi connectivity index (χ3v) is 4.64. The van der Waals surface area contributed by atoms with Gasteiger partial charge in [0.15, 0.2) is 0 Å². The van der Waals surface area contributed by atoms with Gasteiger partial charge in [0.05, 0.1) is 21.2 Å². The highest BCUT2D eigenvalue weighted by molar-refractivity contribution is 6.32. The molecule has 0 amide bonds. The summed E-state index contributed by atoms with van der Waals surface area (Å²) < 4.78 is 0. The largest absolute Gasteiger partial charge is 0.281 e. The first-order chi connectivity index (χ1) is 15.2. The zero-order valence-corrected chi connectivity index (χ0v) is 18.5. The van der Waals surface area contributed by atoms with Crippen molar-refractivity contribution in [2.24, 2.45) is 21.8 Å². The molecule has 3 rings (SSSR count). The molecule has 10 heteroatoms. The second-order valence-electron chi connectivity index (χ2n) is 8.33. The van der Waals surface area contributed by atoms with Crippen molar-refractivity contribution in [3.8, 4) is 0 Å². The zero-order chi connectivity index (χ0) is 23.4. The highest BCUT2D eigenvalue weighted by atomic mass is 16.6. The van der Waals surface area contributed by atoms with Crippen molar-refractivity contribution in [2.45, 2.75) is 27.7 Å². The number of benzene rings is 2. The molecule has 0 N–H and O–H groups in total. The maximum atomic E-state index is 11.0. The Morgan fingerprint density at radius 3 is 1.81 bits per heavy atom. The quantitative estimate of drug-likeness (QED) is 0.424. The minimum atomic E-state index is -0.453. The second-order valence-corrected chi connectivity index (χ2v) is 8.33. The highest BCUT2D eigenvalue weighted by Gasteiger charge is 2.40. The van der Waals surface area contributed by atoms with E-state index >= 15 is 0 Å². The van der Waals surface area contributed by atoms with Crippen LogP contribution in [0.15, 0.2) is 58.5 Å². The Morgan fingerprint density at radius 2 is 1.34 bits per heavy atom. The molecule has 1 heterocycles. The average Bonchev–Trinajstić information content (AvgIpc) is 2.74. The monoisotopic (exact) mass is 438 g/mol. The van der Waals surface area contributed by atoms with Crippen molar-refractivity contribution < 1.29 is 9.85 Å². The first-order valence-corrected chi connectivity index (χ1v) is 10.4. The van der Waals surface area contributed by atoms with E-state index in [4.69, 9.17) is 9.98 Å². The number of nitro benzene ring substituents is 2. The van der Waals surface area contributed by atoms with E-state index in [9.17, 15) is 20.2 Å². The Morgan fingerprint density at radius 1 is 0.812 bits per heavy atom. The van der Waals surface area contributed by atoms with Crippen molar-refractivity contribution in [1.29, 1.82) is 0 Å². The lowest BCUT2D eigenvalue weighted by molar-refractivity contribution is -0.385. The van der Waals surface area contributed by atoms with Crippen LogP contribution in [0.25, 0.3) is 0 Å². The van der Waals surface area contributed by atoms with Gasteiger partial charge in [-0.25, -0.2) is 9.89 Å². The third-order valence-electron chi connectivity index (χ3n) is 4.64. The number of anilines is 1. The fourth-order valence-corrected chi connectivity index (χ4v) is 3.15. The van der Waals surface area contributed by atoms with E-state index in [1.165, 1.54) is 24.3 Å². The summed E-state index contributed by atoms with van der Waals surface area (Å²) in [5.74, 6) is 2.03. The molecule has 1 fully saturated rings. The van der Waals surface area contributed by atoms with Gasteiger partial charge in [0, 0.05) is 37.4 Å². The van der Waals surface area contributed by atoms with E-state index in [0.29, 0.717) is 42.3 Å². The van der Waals surface area contributed by atoms with Crippen LogP contribution in [-0.4, -0.2) is 39.8 Å². The lowest BCUT2D eigenvalue weighted by Crippen LogP contribution is -2.66. The smallest absolute Gasteiger partial charge is 0.269 e. The van der Waals surface area contributed by atoms with Gasteiger partial charge in [-0.3, -0.25) is 30.1 Å². The number of aliphatic imine (C=N–C) groups is 2. The lowest BCUT2D eigenvalue weighted by Gasteiger charge is -2.47. The molecule has 10 nitrogen and oxygen atoms in total. The zero-order valence-electron chi connectivity index (χ0n) is 18.5. The summed E-state index contributed by atoms with van der Waals surface area (Å²) in [7, 11) is 0. The minimum absolute atomic E-state index is 0.00263. The number of guanidine groups is 2. The summed E-state index contributed by atoms with van der Waals surface area (Å²) in [4.78, 5) is 34.5. The Kier molecular flexibility index (Phi) is 6.82. The van der Waals surface area contributed by atoms with E-state index in [-0.39, 0.29) is 11.4 Å². The van der Waals surface area contributed by atoms with Gasteiger partial charge in [-0.2, -0.15) is 0 Å². The fraction of sp³-hybridized carbons (Fsp3) is 0.364. The Hall–Kier alpha value is -3.82. The van der Waals surface area contributed by atoms with Crippen molar-refractivity contribution >= 4 is 34.7 Å². The van der Waals surface area contributed by atoms with Gasteiger partial charge in [0.2, 0.25) is 11.9 Å². The Balaban J connectivity index is 2.04. The Labute approximate surface area is 186 Å². The summed E-state index contributed by atoms with van der Waals surface area (Å²) in [6, 6.07) is 12.2. The summed E-state index contributed by atoms with van der Waals surface area (Å²) in [5, 5.41) is 22.0. The first-order valence-electron chi connectivity index (χ1n) is 10.4. The van der Waals surface area contributed by atoms with Gasteiger partial charge in [0.1, 0.15) is 0 Å². The van der Waals surface area contributed by atoms with E-state index in [2.05, 4.69) is 27.7 Å². The molecule has 0 bridgehead atoms. The van der Waals surface area contributed by atoms with Crippen LogP contribution in [0.1, 0.15) is 27.7 Å². The topological polar surface area (TPSA) is 117 Å². The molecule has 0 radical (unpaired) electrons. The van der Waals surface area contributed by atoms with Crippen LogP contribution in [0.5, 0.6) is 0 Å². The summed E-state index contributed by atoms with van der Waals surface area (Å²) in [6.45, 7) is 9.66. The van der Waals surface area contributed by atoms with Crippen LogP contribution in [-0.2, 0) is 0 Å². The van der Waals surface area contributed by atoms with Gasteiger partial charge in [-0.05, 0) is 36.1 Å². The van der Waals surface area contributed by atoms with Crippen molar-refractivity contribution in [3.63, 3.8) is 0 Å². The van der Waals surface area contributed by atoms with Crippen LogP contribution < -0.4 is 4.90 Å². The molecule has 0 atom stereocenters. The Bertz CT molecular complexity index is 1050. The van der Waals surface area contributed by atoms with E-state index in [0.717, 1.165) is 5.96 Å². The normalized spacial score (nSPS) is 16.2. The molecular formula is C22H26N6O4. The SMILES string of the molecule is CC(C)CN=C1N(CC(C)C)C(=Nc2ccc([N+](=O)[O-])cc2)N1c1ccc([N+](=O)[O-])cc1. The molecule has 2 aromatic carbocycles. The van der Waals surface area contributed by atoms with Gasteiger partial charge in [-0.1, -0.05) is 27.7 Å². The van der Waals surface area contributed by atoms with E-state index in [1.807, 2.05) is 9.80 Å². The van der Waals surface area contributed by atoms with Crippen LogP contribution in [0.3, 0.4) is 0 Å².